The summed E-state index contributed by atoms with van der Waals surface area (Å²) in [6, 6.07) is 87.7. The number of fused-ring (bicyclic) bond motifs is 4. The first-order chi connectivity index (χ1) is 32.6. The molecule has 0 bridgehead atoms. The molecule has 0 N–H and O–H groups in total. The van der Waals surface area contributed by atoms with Gasteiger partial charge in [-0.3, -0.25) is 11.8 Å². The summed E-state index contributed by atoms with van der Waals surface area (Å²) in [6.45, 7) is 0. The van der Waals surface area contributed by atoms with Gasteiger partial charge in [0, 0.05) is 6.07 Å². The molecule has 11 rings (SSSR count). The van der Waals surface area contributed by atoms with Crippen molar-refractivity contribution in [3.05, 3.63) is 273 Å². The van der Waals surface area contributed by atoms with Gasteiger partial charge >= 0.3 is 44.8 Å². The third kappa shape index (κ3) is 11.3. The first-order valence-electron chi connectivity index (χ1n) is 21.9. The molecule has 1 nitrogen and oxygen atoms in total. The fourth-order valence-electron chi connectivity index (χ4n) is 8.60. The van der Waals surface area contributed by atoms with Crippen molar-refractivity contribution in [3.8, 4) is 17.6 Å². The number of ether oxygens (including phenoxy) is 1. The average Bonchev–Trinajstić information content (AvgIpc) is 3.39. The molecular weight excluding hydrogens is 1230 g/mol. The topological polar surface area (TPSA) is 9.23 Å². The number of rotatable bonds is 7. The fraction of sp³-hybridized carbons (Fsp3) is 0.0159. The van der Waals surface area contributed by atoms with Crippen molar-refractivity contribution < 1.29 is 49.5 Å². The summed E-state index contributed by atoms with van der Waals surface area (Å²) >= 11 is 0. The maximum absolute atomic E-state index is 7.28. The minimum absolute atomic E-state index is 0. The first kappa shape index (κ1) is 49.6. The maximum Gasteiger partial charge on any atom is 1.00 e. The molecule has 11 aromatic carbocycles. The van der Waals surface area contributed by atoms with Crippen LogP contribution in [0.2, 0.25) is 0 Å². The van der Waals surface area contributed by atoms with Crippen LogP contribution in [-0.4, -0.2) is 7.11 Å². The molecule has 11 aromatic rings. The zero-order valence-electron chi connectivity index (χ0n) is 37.2. The number of benzene rings is 11. The van der Waals surface area contributed by atoms with Crippen molar-refractivity contribution in [2.45, 2.75) is 0 Å². The number of hydrogen-bond acceptors (Lipinski definition) is 1. The van der Waals surface area contributed by atoms with E-state index in [-0.39, 0.29) is 44.8 Å². The monoisotopic (exact) mass is 1270 g/mol. The number of methoxy groups -OCH3 is 1. The molecule has 0 amide bonds. The third-order valence-corrected chi connectivity index (χ3v) is 17.6. The quantitative estimate of drug-likeness (QED) is 0.0508. The van der Waals surface area contributed by atoms with E-state index < -0.39 is 15.8 Å². The van der Waals surface area contributed by atoms with Gasteiger partial charge < -0.3 is 17.6 Å². The van der Waals surface area contributed by atoms with Gasteiger partial charge in [-0.2, -0.15) is 0 Å². The van der Waals surface area contributed by atoms with E-state index in [9.17, 15) is 0 Å². The molecule has 5 heteroatoms. The standard InChI is InChI=1S/C31H26OP2.2C16H9.2Au/c1-32-25-22-23-30(33(26-14-6-2-7-15-26)27-16-8-3-9-17-27)31(24-25)34(28-18-10-4-11-19-28)29-20-12-5-13-21-29;2*1-2-12-8-5-9-15-10-13-6-3-4-7-14(13)11-16(12)15;;/h2-24H,1H3;2*3-11H;;/q;2*-1;2*+1/p+2. The molecule has 334 valence electrons. The molecule has 0 aliphatic rings. The molecule has 0 aromatic heterocycles. The van der Waals surface area contributed by atoms with Gasteiger partial charge in [0.15, 0.2) is 0 Å². The summed E-state index contributed by atoms with van der Waals surface area (Å²) in [6.07, 6.45) is 14.6. The molecule has 0 spiro atoms. The van der Waals surface area contributed by atoms with E-state index in [0.29, 0.717) is 0 Å². The van der Waals surface area contributed by atoms with Gasteiger partial charge in [0.1, 0.15) is 53.4 Å². The molecule has 0 saturated heterocycles. The summed E-state index contributed by atoms with van der Waals surface area (Å²) < 4.78 is 5.75. The van der Waals surface area contributed by atoms with E-state index in [1.807, 2.05) is 48.5 Å². The van der Waals surface area contributed by atoms with Crippen LogP contribution in [0.4, 0.5) is 0 Å². The van der Waals surface area contributed by atoms with Gasteiger partial charge in [0.25, 0.3) is 0 Å². The van der Waals surface area contributed by atoms with Gasteiger partial charge in [-0.05, 0) is 105 Å². The Balaban J connectivity index is 0.000000167. The second kappa shape index (κ2) is 24.1. The largest absolute Gasteiger partial charge is 1.00 e. The molecule has 68 heavy (non-hydrogen) atoms. The van der Waals surface area contributed by atoms with E-state index in [2.05, 4.69) is 212 Å². The van der Waals surface area contributed by atoms with Gasteiger partial charge in [-0.15, -0.1) is 23.3 Å². The summed E-state index contributed by atoms with van der Waals surface area (Å²) in [4.78, 5) is 0. The van der Waals surface area contributed by atoms with Crippen LogP contribution in [0.15, 0.2) is 249 Å². The molecular formula is C63H46Au2OP2+2. The molecule has 0 atom stereocenters. The predicted molar refractivity (Wildman–Crippen MR) is 289 cm³/mol. The van der Waals surface area contributed by atoms with E-state index in [1.165, 1.54) is 53.4 Å². The van der Waals surface area contributed by atoms with Crippen LogP contribution in [0.5, 0.6) is 5.75 Å². The molecule has 0 saturated carbocycles. The van der Waals surface area contributed by atoms with E-state index in [4.69, 9.17) is 17.6 Å². The molecule has 0 radical (unpaired) electrons. The van der Waals surface area contributed by atoms with Gasteiger partial charge in [0.05, 0.1) is 7.11 Å². The normalized spacial score (nSPS) is 10.4. The second-order valence-electron chi connectivity index (χ2n) is 15.8. The first-order valence-corrected chi connectivity index (χ1v) is 24.9. The minimum atomic E-state index is -1.25. The second-order valence-corrected chi connectivity index (χ2v) is 20.7. The van der Waals surface area contributed by atoms with Crippen LogP contribution in [-0.2, 0) is 44.8 Å². The zero-order valence-corrected chi connectivity index (χ0v) is 43.5. The van der Waals surface area contributed by atoms with Crippen LogP contribution in [0.1, 0.15) is 11.1 Å². The van der Waals surface area contributed by atoms with Crippen LogP contribution in [0, 0.1) is 24.7 Å². The number of hydrogen-bond donors (Lipinski definition) is 0. The van der Waals surface area contributed by atoms with Crippen molar-refractivity contribution in [3.63, 3.8) is 0 Å². The Kier molecular flexibility index (Phi) is 17.6. The molecule has 0 aliphatic heterocycles. The average molecular weight is 1270 g/mol. The van der Waals surface area contributed by atoms with Crippen LogP contribution >= 0.6 is 15.8 Å². The molecule has 0 unspecified atom stereocenters. The van der Waals surface area contributed by atoms with Gasteiger partial charge in [0.2, 0.25) is 0 Å². The summed E-state index contributed by atoms with van der Waals surface area (Å²) in [7, 11) is -0.712. The Morgan fingerprint density at radius 3 is 1.00 bits per heavy atom. The molecule has 0 heterocycles. The Morgan fingerprint density at radius 1 is 0.324 bits per heavy atom. The predicted octanol–water partition coefficient (Wildman–Crippen LogP) is 12.5. The SMILES string of the molecule is COc1ccc([PH+](c2ccccc2)c2ccccc2)c([PH+](c2ccccc2)c2ccccc2)c1.[Au+].[Au+].[C-]#Cc1cccc2cc3ccccc3cc12.[C-]#Cc1cccc2cc3ccccc3cc12. The van der Waals surface area contributed by atoms with Crippen molar-refractivity contribution in [1.82, 2.24) is 0 Å². The Bertz CT molecular complexity index is 3290. The van der Waals surface area contributed by atoms with Crippen LogP contribution < -0.4 is 36.6 Å². The zero-order chi connectivity index (χ0) is 45.1. The maximum atomic E-state index is 7.28. The van der Waals surface area contributed by atoms with Crippen molar-refractivity contribution in [2.75, 3.05) is 7.11 Å². The smallest absolute Gasteiger partial charge is 0.497 e. The Labute approximate surface area is 434 Å². The minimum Gasteiger partial charge on any atom is -0.497 e. The van der Waals surface area contributed by atoms with Gasteiger partial charge in [-0.25, -0.2) is 0 Å². The van der Waals surface area contributed by atoms with Crippen LogP contribution in [0.25, 0.3) is 43.1 Å². The van der Waals surface area contributed by atoms with Crippen molar-refractivity contribution >= 4 is 90.8 Å². The summed E-state index contributed by atoms with van der Waals surface area (Å²) in [5, 5.41) is 17.8. The molecule has 0 fully saturated rings. The van der Waals surface area contributed by atoms with Crippen molar-refractivity contribution in [2.24, 2.45) is 0 Å². The van der Waals surface area contributed by atoms with Gasteiger partial charge in [-0.1, -0.05) is 168 Å². The Hall–Kier alpha value is -6.28. The summed E-state index contributed by atoms with van der Waals surface area (Å²) in [5.41, 5.74) is 1.70. The fourth-order valence-corrected chi connectivity index (χ4v) is 14.6. The van der Waals surface area contributed by atoms with Crippen molar-refractivity contribution in [1.29, 1.82) is 0 Å². The molecule has 0 aliphatic carbocycles. The van der Waals surface area contributed by atoms with Crippen LogP contribution in [0.3, 0.4) is 0 Å². The third-order valence-electron chi connectivity index (χ3n) is 11.8. The summed E-state index contributed by atoms with van der Waals surface area (Å²) in [5.74, 6) is 5.88. The Morgan fingerprint density at radius 2 is 0.647 bits per heavy atom. The van der Waals surface area contributed by atoms with E-state index in [0.717, 1.165) is 38.4 Å². The van der Waals surface area contributed by atoms with E-state index >= 15 is 0 Å². The van der Waals surface area contributed by atoms with E-state index in [1.54, 1.807) is 7.11 Å².